The molecule has 0 radical (unpaired) electrons. The van der Waals surface area contributed by atoms with E-state index in [0.29, 0.717) is 6.54 Å². The molecule has 20 heavy (non-hydrogen) atoms. The van der Waals surface area contributed by atoms with Crippen molar-refractivity contribution >= 4 is 37.6 Å². The summed E-state index contributed by atoms with van der Waals surface area (Å²) in [6, 6.07) is 15.6. The Morgan fingerprint density at radius 2 is 1.60 bits per heavy atom. The van der Waals surface area contributed by atoms with Crippen LogP contribution in [0.4, 0.5) is 0 Å². The summed E-state index contributed by atoms with van der Waals surface area (Å²) >= 11 is 6.95. The molecule has 0 aliphatic heterocycles. The zero-order valence-electron chi connectivity index (χ0n) is 11.1. The number of rotatable bonds is 5. The Kier molecular flexibility index (Phi) is 5.52. The highest BCUT2D eigenvalue weighted by atomic mass is 79.9. The average molecular weight is 397 g/mol. The standard InChI is InChI=1S/C16H15Br2NO/c1-19(10-12-6-2-4-8-14(12)17)11-16(20)13-7-3-5-9-15(13)18/h2-9H,10-11H2,1H3. The first-order chi connectivity index (χ1) is 9.58. The molecule has 0 bridgehead atoms. The molecule has 0 heterocycles. The Bertz CT molecular complexity index is 613. The van der Waals surface area contributed by atoms with Crippen LogP contribution in [0.5, 0.6) is 0 Å². The molecule has 0 unspecified atom stereocenters. The number of carbonyl (C=O) groups excluding carboxylic acids is 1. The van der Waals surface area contributed by atoms with Crippen LogP contribution in [-0.2, 0) is 6.54 Å². The summed E-state index contributed by atoms with van der Waals surface area (Å²) in [6.45, 7) is 1.13. The van der Waals surface area contributed by atoms with Gasteiger partial charge in [0.05, 0.1) is 6.54 Å². The van der Waals surface area contributed by atoms with Gasteiger partial charge in [-0.1, -0.05) is 68.3 Å². The lowest BCUT2D eigenvalue weighted by molar-refractivity contribution is 0.0942. The third-order valence-corrected chi connectivity index (χ3v) is 4.45. The minimum Gasteiger partial charge on any atom is -0.295 e. The fraction of sp³-hybridized carbons (Fsp3) is 0.188. The van der Waals surface area contributed by atoms with Crippen molar-refractivity contribution in [2.45, 2.75) is 6.54 Å². The van der Waals surface area contributed by atoms with Gasteiger partial charge in [0.2, 0.25) is 0 Å². The second-order valence-corrected chi connectivity index (χ2v) is 6.38. The van der Waals surface area contributed by atoms with Crippen molar-refractivity contribution in [2.75, 3.05) is 13.6 Å². The zero-order valence-corrected chi connectivity index (χ0v) is 14.3. The van der Waals surface area contributed by atoms with Crippen LogP contribution in [0, 0.1) is 0 Å². The van der Waals surface area contributed by atoms with Gasteiger partial charge in [-0.25, -0.2) is 0 Å². The number of carbonyl (C=O) groups is 1. The van der Waals surface area contributed by atoms with Gasteiger partial charge in [-0.2, -0.15) is 0 Å². The first-order valence-electron chi connectivity index (χ1n) is 6.27. The highest BCUT2D eigenvalue weighted by Gasteiger charge is 2.12. The molecular weight excluding hydrogens is 382 g/mol. The van der Waals surface area contributed by atoms with Crippen LogP contribution in [0.1, 0.15) is 15.9 Å². The number of nitrogens with zero attached hydrogens (tertiary/aromatic N) is 1. The molecule has 0 saturated carbocycles. The Morgan fingerprint density at radius 1 is 1.00 bits per heavy atom. The van der Waals surface area contributed by atoms with Crippen molar-refractivity contribution in [1.29, 1.82) is 0 Å². The van der Waals surface area contributed by atoms with Crippen LogP contribution in [0.15, 0.2) is 57.5 Å². The lowest BCUT2D eigenvalue weighted by atomic mass is 10.1. The fourth-order valence-corrected chi connectivity index (χ4v) is 2.91. The summed E-state index contributed by atoms with van der Waals surface area (Å²) in [6.07, 6.45) is 0. The van der Waals surface area contributed by atoms with Gasteiger partial charge < -0.3 is 0 Å². The lowest BCUT2D eigenvalue weighted by Crippen LogP contribution is -2.26. The monoisotopic (exact) mass is 395 g/mol. The van der Waals surface area contributed by atoms with Crippen LogP contribution in [0.25, 0.3) is 0 Å². The summed E-state index contributed by atoms with van der Waals surface area (Å²) in [5.74, 6) is 0.118. The Hall–Kier alpha value is -0.970. The molecule has 0 amide bonds. The number of benzene rings is 2. The maximum absolute atomic E-state index is 12.3. The summed E-state index contributed by atoms with van der Waals surface area (Å²) < 4.78 is 1.92. The first-order valence-corrected chi connectivity index (χ1v) is 7.86. The van der Waals surface area contributed by atoms with Gasteiger partial charge in [0.1, 0.15) is 0 Å². The SMILES string of the molecule is CN(CC(=O)c1ccccc1Br)Cc1ccccc1Br. The van der Waals surface area contributed by atoms with Crippen LogP contribution in [0.2, 0.25) is 0 Å². The zero-order chi connectivity index (χ0) is 14.5. The van der Waals surface area contributed by atoms with E-state index in [4.69, 9.17) is 0 Å². The molecular formula is C16H15Br2NO. The Morgan fingerprint density at radius 3 is 2.25 bits per heavy atom. The smallest absolute Gasteiger partial charge is 0.177 e. The maximum Gasteiger partial charge on any atom is 0.177 e. The van der Waals surface area contributed by atoms with E-state index in [-0.39, 0.29) is 5.78 Å². The molecule has 0 aromatic heterocycles. The molecule has 0 fully saturated rings. The molecule has 0 saturated heterocycles. The van der Waals surface area contributed by atoms with Crippen LogP contribution in [0.3, 0.4) is 0 Å². The van der Waals surface area contributed by atoms with E-state index in [1.807, 2.05) is 54.4 Å². The predicted octanol–water partition coefficient (Wildman–Crippen LogP) is 4.53. The number of likely N-dealkylation sites (N-methyl/N-ethyl adjacent to an activating group) is 1. The summed E-state index contributed by atoms with van der Waals surface area (Å²) in [5.41, 5.74) is 1.90. The third-order valence-electron chi connectivity index (χ3n) is 2.99. The molecule has 2 rings (SSSR count). The Labute approximate surface area is 136 Å². The third kappa shape index (κ3) is 4.01. The van der Waals surface area contributed by atoms with Crippen molar-refractivity contribution in [1.82, 2.24) is 4.90 Å². The lowest BCUT2D eigenvalue weighted by Gasteiger charge is -2.17. The molecule has 2 aromatic carbocycles. The van der Waals surface area contributed by atoms with Crippen LogP contribution < -0.4 is 0 Å². The molecule has 104 valence electrons. The van der Waals surface area contributed by atoms with Gasteiger partial charge in [-0.05, 0) is 24.7 Å². The number of hydrogen-bond acceptors (Lipinski definition) is 2. The van der Waals surface area contributed by atoms with Crippen molar-refractivity contribution < 1.29 is 4.79 Å². The molecule has 4 heteroatoms. The van der Waals surface area contributed by atoms with Gasteiger partial charge in [-0.15, -0.1) is 0 Å². The second kappa shape index (κ2) is 7.16. The van der Waals surface area contributed by atoms with Gasteiger partial charge in [0.15, 0.2) is 5.78 Å². The molecule has 0 aliphatic rings. The number of Topliss-reactive ketones (excluding diaryl/α,β-unsaturated/α-hetero) is 1. The van der Waals surface area contributed by atoms with E-state index in [9.17, 15) is 4.79 Å². The van der Waals surface area contributed by atoms with Crippen molar-refractivity contribution in [3.8, 4) is 0 Å². The Balaban J connectivity index is 2.02. The maximum atomic E-state index is 12.3. The van der Waals surface area contributed by atoms with E-state index in [1.165, 1.54) is 5.56 Å². The van der Waals surface area contributed by atoms with Crippen molar-refractivity contribution in [3.63, 3.8) is 0 Å². The topological polar surface area (TPSA) is 20.3 Å². The van der Waals surface area contributed by atoms with Gasteiger partial charge in [-0.3, -0.25) is 9.69 Å². The minimum atomic E-state index is 0.118. The van der Waals surface area contributed by atoms with Gasteiger partial charge in [0.25, 0.3) is 0 Å². The first kappa shape index (κ1) is 15.4. The van der Waals surface area contributed by atoms with E-state index >= 15 is 0 Å². The highest BCUT2D eigenvalue weighted by Crippen LogP contribution is 2.19. The average Bonchev–Trinajstić information content (AvgIpc) is 2.41. The fourth-order valence-electron chi connectivity index (χ4n) is 1.99. The number of halogens is 2. The predicted molar refractivity (Wildman–Crippen MR) is 88.9 cm³/mol. The van der Waals surface area contributed by atoms with E-state index in [1.54, 1.807) is 0 Å². The van der Waals surface area contributed by atoms with E-state index < -0.39 is 0 Å². The second-order valence-electron chi connectivity index (χ2n) is 4.67. The van der Waals surface area contributed by atoms with E-state index in [2.05, 4.69) is 37.9 Å². The van der Waals surface area contributed by atoms with Gasteiger partial charge in [0, 0.05) is 21.1 Å². The van der Waals surface area contributed by atoms with Crippen LogP contribution >= 0.6 is 31.9 Å². The molecule has 2 aromatic rings. The summed E-state index contributed by atoms with van der Waals surface area (Å²) in [7, 11) is 1.95. The summed E-state index contributed by atoms with van der Waals surface area (Å²) in [4.78, 5) is 14.3. The van der Waals surface area contributed by atoms with E-state index in [0.717, 1.165) is 21.1 Å². The number of hydrogen-bond donors (Lipinski definition) is 0. The highest BCUT2D eigenvalue weighted by molar-refractivity contribution is 9.10. The van der Waals surface area contributed by atoms with Gasteiger partial charge >= 0.3 is 0 Å². The minimum absolute atomic E-state index is 0.118. The molecule has 0 spiro atoms. The van der Waals surface area contributed by atoms with Crippen molar-refractivity contribution in [2.24, 2.45) is 0 Å². The number of ketones is 1. The van der Waals surface area contributed by atoms with Crippen molar-refractivity contribution in [3.05, 3.63) is 68.6 Å². The quantitative estimate of drug-likeness (QED) is 0.692. The normalized spacial score (nSPS) is 10.8. The summed E-state index contributed by atoms with van der Waals surface area (Å²) in [5, 5.41) is 0. The van der Waals surface area contributed by atoms with Crippen LogP contribution in [-0.4, -0.2) is 24.3 Å². The molecule has 0 atom stereocenters. The molecule has 0 N–H and O–H groups in total. The molecule has 2 nitrogen and oxygen atoms in total. The largest absolute Gasteiger partial charge is 0.295 e. The molecule has 0 aliphatic carbocycles.